The fraction of sp³-hybridized carbons (Fsp3) is 0.0938. The number of hydrogen-bond donors (Lipinski definition) is 3. The van der Waals surface area contributed by atoms with Crippen LogP contribution >= 0.6 is 0 Å². The molecule has 43 heavy (non-hydrogen) atoms. The largest absolute Gasteiger partial charge is 0.508 e. The summed E-state index contributed by atoms with van der Waals surface area (Å²) in [6, 6.07) is 21.3. The molecule has 1 atom stereocenters. The number of nitrogens with one attached hydrogen (secondary N) is 1. The predicted octanol–water partition coefficient (Wildman–Crippen LogP) is 5.51. The van der Waals surface area contributed by atoms with Crippen LogP contribution in [0.5, 0.6) is 11.6 Å². The average Bonchev–Trinajstić information content (AvgIpc) is 3.00. The zero-order valence-electron chi connectivity index (χ0n) is 23.2. The van der Waals surface area contributed by atoms with E-state index in [-0.39, 0.29) is 23.1 Å². The molecule has 0 bridgehead atoms. The van der Waals surface area contributed by atoms with Crippen LogP contribution in [0.3, 0.4) is 0 Å². The number of hydrogen-bond acceptors (Lipinski definition) is 9. The van der Waals surface area contributed by atoms with Crippen molar-refractivity contribution >= 4 is 22.7 Å². The van der Waals surface area contributed by atoms with Crippen LogP contribution in [-0.2, 0) is 0 Å². The number of pyridine rings is 1. The minimum Gasteiger partial charge on any atom is -0.508 e. The highest BCUT2D eigenvalue weighted by Crippen LogP contribution is 2.33. The van der Waals surface area contributed by atoms with Gasteiger partial charge in [0.2, 0.25) is 11.8 Å². The third kappa shape index (κ3) is 5.31. The number of nitrogen functional groups attached to an aromatic ring is 1. The molecule has 10 nitrogen and oxygen atoms in total. The van der Waals surface area contributed by atoms with Crippen LogP contribution in [0.4, 0.5) is 16.2 Å². The van der Waals surface area contributed by atoms with Gasteiger partial charge in [-0.2, -0.15) is 4.98 Å². The summed E-state index contributed by atoms with van der Waals surface area (Å²) in [6.45, 7) is 1.83. The zero-order valence-corrected chi connectivity index (χ0v) is 23.2. The smallest absolute Gasteiger partial charge is 0.266 e. The SMILES string of the molecule is COc1cc(-c2cccc3nc(C(C)Nc4nc(N)ncc4-c4cc(O)cc(F)c4)n(-c4ccccc4)c(=O)c23)ccn1. The Morgan fingerprint density at radius 1 is 0.953 bits per heavy atom. The average molecular weight is 576 g/mol. The van der Waals surface area contributed by atoms with Crippen LogP contribution in [0.15, 0.2) is 96.1 Å². The number of anilines is 2. The molecule has 6 aromatic rings. The van der Waals surface area contributed by atoms with Gasteiger partial charge in [0, 0.05) is 30.1 Å². The Kier molecular flexibility index (Phi) is 7.12. The van der Waals surface area contributed by atoms with Crippen LogP contribution in [0.2, 0.25) is 0 Å². The van der Waals surface area contributed by atoms with Gasteiger partial charge in [-0.1, -0.05) is 30.3 Å². The fourth-order valence-electron chi connectivity index (χ4n) is 5.01. The summed E-state index contributed by atoms with van der Waals surface area (Å²) in [4.78, 5) is 32.0. The van der Waals surface area contributed by atoms with Gasteiger partial charge in [-0.3, -0.25) is 9.36 Å². The summed E-state index contributed by atoms with van der Waals surface area (Å²) >= 11 is 0. The van der Waals surface area contributed by atoms with Crippen molar-refractivity contribution in [1.82, 2.24) is 24.5 Å². The standard InChI is InChI=1S/C32H26FN7O3/c1-18(37-29-25(17-36-32(34)39-29)20-13-21(33)16-23(41)14-20)30-38-26-10-6-9-24(19-11-12-35-27(15-19)43-2)28(26)31(42)40(30)22-7-4-3-5-8-22/h3-18,41H,1-2H3,(H3,34,36,37,39). The van der Waals surface area contributed by atoms with Crippen LogP contribution in [-0.4, -0.2) is 36.7 Å². The molecular formula is C32H26FN7O3. The number of phenolic OH excluding ortho intramolecular Hbond substituents is 1. The monoisotopic (exact) mass is 575 g/mol. The highest BCUT2D eigenvalue weighted by atomic mass is 19.1. The summed E-state index contributed by atoms with van der Waals surface area (Å²) < 4.78 is 21.0. The number of methoxy groups -OCH3 is 1. The lowest BCUT2D eigenvalue weighted by Gasteiger charge is -2.22. The van der Waals surface area contributed by atoms with Gasteiger partial charge < -0.3 is 20.9 Å². The Labute approximate surface area is 245 Å². The van der Waals surface area contributed by atoms with Crippen LogP contribution in [0, 0.1) is 5.82 Å². The summed E-state index contributed by atoms with van der Waals surface area (Å²) in [7, 11) is 1.54. The van der Waals surface area contributed by atoms with E-state index >= 15 is 0 Å². The van der Waals surface area contributed by atoms with E-state index in [9.17, 15) is 14.3 Å². The maximum Gasteiger partial charge on any atom is 0.266 e. The van der Waals surface area contributed by atoms with Gasteiger partial charge in [-0.05, 0) is 60.0 Å². The third-order valence-electron chi connectivity index (χ3n) is 6.93. The molecule has 3 aromatic heterocycles. The third-order valence-corrected chi connectivity index (χ3v) is 6.93. The minimum atomic E-state index is -0.623. The van der Waals surface area contributed by atoms with Crippen LogP contribution < -0.4 is 21.3 Å². The molecule has 0 amide bonds. The molecule has 3 aromatic carbocycles. The van der Waals surface area contributed by atoms with Gasteiger partial charge in [0.25, 0.3) is 5.56 Å². The van der Waals surface area contributed by atoms with Gasteiger partial charge in [-0.15, -0.1) is 0 Å². The zero-order chi connectivity index (χ0) is 30.1. The maximum atomic E-state index is 14.4. The molecule has 1 unspecified atom stereocenters. The molecular weight excluding hydrogens is 549 g/mol. The molecule has 0 fully saturated rings. The molecule has 0 spiro atoms. The molecule has 0 aliphatic rings. The topological polar surface area (TPSA) is 141 Å². The number of ether oxygens (including phenoxy) is 1. The van der Waals surface area contributed by atoms with E-state index in [1.165, 1.54) is 25.4 Å². The van der Waals surface area contributed by atoms with Crippen molar-refractivity contribution in [2.24, 2.45) is 0 Å². The number of aromatic nitrogens is 5. The van der Waals surface area contributed by atoms with E-state index in [0.717, 1.165) is 11.6 Å². The Morgan fingerprint density at radius 2 is 1.77 bits per heavy atom. The number of rotatable bonds is 7. The first kappa shape index (κ1) is 27.3. The predicted molar refractivity (Wildman–Crippen MR) is 163 cm³/mol. The van der Waals surface area contributed by atoms with E-state index in [0.29, 0.717) is 45.0 Å². The summed E-state index contributed by atoms with van der Waals surface area (Å²) in [5.74, 6) is 0.218. The summed E-state index contributed by atoms with van der Waals surface area (Å²) in [5.41, 5.74) is 8.94. The van der Waals surface area contributed by atoms with Crippen LogP contribution in [0.1, 0.15) is 18.8 Å². The van der Waals surface area contributed by atoms with Crippen molar-refractivity contribution in [1.29, 1.82) is 0 Å². The number of halogens is 1. The van der Waals surface area contributed by atoms with Crippen molar-refractivity contribution in [3.8, 4) is 39.6 Å². The second kappa shape index (κ2) is 11.2. The lowest BCUT2D eigenvalue weighted by atomic mass is 10.0. The van der Waals surface area contributed by atoms with Crippen molar-refractivity contribution in [2.75, 3.05) is 18.2 Å². The molecule has 11 heteroatoms. The first-order valence-electron chi connectivity index (χ1n) is 13.3. The van der Waals surface area contributed by atoms with Gasteiger partial charge in [0.15, 0.2) is 0 Å². The summed E-state index contributed by atoms with van der Waals surface area (Å²) in [6.07, 6.45) is 3.07. The summed E-state index contributed by atoms with van der Waals surface area (Å²) in [5, 5.41) is 13.7. The molecule has 0 aliphatic carbocycles. The van der Waals surface area contributed by atoms with Crippen LogP contribution in [0.25, 0.3) is 38.8 Å². The van der Waals surface area contributed by atoms with Gasteiger partial charge in [0.1, 0.15) is 23.2 Å². The van der Waals surface area contributed by atoms with Gasteiger partial charge in [0.05, 0.1) is 29.7 Å². The maximum absolute atomic E-state index is 14.4. The molecule has 0 aliphatic heterocycles. The molecule has 4 N–H and O–H groups in total. The molecule has 0 radical (unpaired) electrons. The molecule has 0 saturated carbocycles. The number of phenols is 1. The molecule has 6 rings (SSSR count). The van der Waals surface area contributed by atoms with E-state index in [1.807, 2.05) is 55.5 Å². The van der Waals surface area contributed by atoms with E-state index in [1.54, 1.807) is 22.9 Å². The number of fused-ring (bicyclic) bond motifs is 1. The Morgan fingerprint density at radius 3 is 2.53 bits per heavy atom. The molecule has 3 heterocycles. The molecule has 214 valence electrons. The van der Waals surface area contributed by atoms with Crippen molar-refractivity contribution in [3.05, 3.63) is 113 Å². The highest BCUT2D eigenvalue weighted by Gasteiger charge is 2.22. The van der Waals surface area contributed by atoms with Crippen molar-refractivity contribution < 1.29 is 14.2 Å². The molecule has 0 saturated heterocycles. The fourth-order valence-corrected chi connectivity index (χ4v) is 5.01. The second-order valence-electron chi connectivity index (χ2n) is 9.79. The van der Waals surface area contributed by atoms with E-state index < -0.39 is 11.9 Å². The van der Waals surface area contributed by atoms with Crippen molar-refractivity contribution in [3.63, 3.8) is 0 Å². The lowest BCUT2D eigenvalue weighted by molar-refractivity contribution is 0.398. The minimum absolute atomic E-state index is 0.0107. The second-order valence-corrected chi connectivity index (χ2v) is 9.79. The number of aromatic hydroxyl groups is 1. The number of nitrogens with zero attached hydrogens (tertiary/aromatic N) is 5. The Bertz CT molecular complexity index is 2010. The number of para-hydroxylation sites is 1. The Balaban J connectivity index is 1.53. The number of nitrogens with two attached hydrogens (primary N) is 1. The Hall–Kier alpha value is -5.84. The first-order valence-corrected chi connectivity index (χ1v) is 13.3. The van der Waals surface area contributed by atoms with E-state index in [4.69, 9.17) is 15.5 Å². The quantitative estimate of drug-likeness (QED) is 0.225. The van der Waals surface area contributed by atoms with Crippen molar-refractivity contribution in [2.45, 2.75) is 13.0 Å². The van der Waals surface area contributed by atoms with E-state index in [2.05, 4.69) is 20.3 Å². The normalized spacial score (nSPS) is 11.8. The lowest BCUT2D eigenvalue weighted by Crippen LogP contribution is -2.28. The highest BCUT2D eigenvalue weighted by molar-refractivity contribution is 5.94. The van der Waals surface area contributed by atoms with Gasteiger partial charge >= 0.3 is 0 Å². The first-order chi connectivity index (χ1) is 20.8. The number of benzene rings is 3. The van der Waals surface area contributed by atoms with Gasteiger partial charge in [-0.25, -0.2) is 19.3 Å².